The van der Waals surface area contributed by atoms with E-state index in [2.05, 4.69) is 6.92 Å². The standard InChI is InChI=1S/C23H31FN2O/c1-2-3-4-5-16-6-8-17(9-7-16)20-12-11-19(15-21(20)24)27-23-13-10-18(25)14-22(23)26/h10-17H,2-9,25-26H2,1H3. The zero-order chi connectivity index (χ0) is 19.2. The highest BCUT2D eigenvalue weighted by Gasteiger charge is 2.24. The van der Waals surface area contributed by atoms with Crippen LogP contribution in [0.5, 0.6) is 11.5 Å². The molecular weight excluding hydrogens is 339 g/mol. The average Bonchev–Trinajstić information content (AvgIpc) is 2.65. The highest BCUT2D eigenvalue weighted by atomic mass is 19.1. The second-order valence-electron chi connectivity index (χ2n) is 7.80. The number of hydrogen-bond donors (Lipinski definition) is 2. The summed E-state index contributed by atoms with van der Waals surface area (Å²) < 4.78 is 20.5. The Kier molecular flexibility index (Phi) is 6.59. The number of ether oxygens (including phenoxy) is 1. The van der Waals surface area contributed by atoms with Gasteiger partial charge in [0.2, 0.25) is 0 Å². The number of unbranched alkanes of at least 4 members (excludes halogenated alkanes) is 2. The van der Waals surface area contributed by atoms with E-state index >= 15 is 0 Å². The van der Waals surface area contributed by atoms with Gasteiger partial charge in [-0.3, -0.25) is 0 Å². The molecule has 0 saturated heterocycles. The van der Waals surface area contributed by atoms with Crippen LogP contribution < -0.4 is 16.2 Å². The maximum atomic E-state index is 14.7. The number of nitrogen functional groups attached to an aromatic ring is 2. The first-order valence-corrected chi connectivity index (χ1v) is 10.2. The predicted octanol–water partition coefficient (Wildman–Crippen LogP) is 6.64. The lowest BCUT2D eigenvalue weighted by Crippen LogP contribution is -2.14. The van der Waals surface area contributed by atoms with Crippen LogP contribution >= 0.6 is 0 Å². The van der Waals surface area contributed by atoms with Crippen LogP contribution in [0, 0.1) is 11.7 Å². The molecule has 0 radical (unpaired) electrons. The minimum atomic E-state index is -0.184. The minimum Gasteiger partial charge on any atom is -0.455 e. The van der Waals surface area contributed by atoms with Gasteiger partial charge in [-0.05, 0) is 67.3 Å². The van der Waals surface area contributed by atoms with Gasteiger partial charge < -0.3 is 16.2 Å². The van der Waals surface area contributed by atoms with Crippen molar-refractivity contribution in [1.29, 1.82) is 0 Å². The Morgan fingerprint density at radius 3 is 2.44 bits per heavy atom. The van der Waals surface area contributed by atoms with Gasteiger partial charge in [0.15, 0.2) is 0 Å². The van der Waals surface area contributed by atoms with Crippen molar-refractivity contribution in [3.63, 3.8) is 0 Å². The minimum absolute atomic E-state index is 0.184. The molecule has 27 heavy (non-hydrogen) atoms. The molecule has 4 N–H and O–H groups in total. The van der Waals surface area contributed by atoms with Gasteiger partial charge in [0.05, 0.1) is 5.69 Å². The van der Waals surface area contributed by atoms with Gasteiger partial charge in [0.1, 0.15) is 17.3 Å². The highest BCUT2D eigenvalue weighted by molar-refractivity contribution is 5.61. The van der Waals surface area contributed by atoms with E-state index in [1.165, 1.54) is 44.6 Å². The molecule has 0 spiro atoms. The molecule has 2 aromatic carbocycles. The van der Waals surface area contributed by atoms with E-state index in [4.69, 9.17) is 16.2 Å². The fraction of sp³-hybridized carbons (Fsp3) is 0.478. The van der Waals surface area contributed by atoms with Crippen LogP contribution in [0.15, 0.2) is 36.4 Å². The van der Waals surface area contributed by atoms with Crippen molar-refractivity contribution in [3.8, 4) is 11.5 Å². The Bertz CT molecular complexity index is 754. The molecule has 0 amide bonds. The van der Waals surface area contributed by atoms with Crippen LogP contribution in [0.4, 0.5) is 15.8 Å². The molecule has 1 fully saturated rings. The summed E-state index contributed by atoms with van der Waals surface area (Å²) in [6.07, 6.45) is 9.87. The zero-order valence-electron chi connectivity index (χ0n) is 16.2. The molecular formula is C23H31FN2O. The molecule has 0 aromatic heterocycles. The van der Waals surface area contributed by atoms with Gasteiger partial charge in [-0.15, -0.1) is 0 Å². The third kappa shape index (κ3) is 5.15. The van der Waals surface area contributed by atoms with Gasteiger partial charge in [0, 0.05) is 11.8 Å². The van der Waals surface area contributed by atoms with E-state index in [0.717, 1.165) is 24.3 Å². The molecule has 4 heteroatoms. The topological polar surface area (TPSA) is 61.3 Å². The normalized spacial score (nSPS) is 19.8. The van der Waals surface area contributed by atoms with Gasteiger partial charge in [-0.25, -0.2) is 4.39 Å². The molecule has 0 aliphatic heterocycles. The van der Waals surface area contributed by atoms with Crippen molar-refractivity contribution in [1.82, 2.24) is 0 Å². The van der Waals surface area contributed by atoms with E-state index in [9.17, 15) is 4.39 Å². The third-order valence-electron chi connectivity index (χ3n) is 5.74. The summed E-state index contributed by atoms with van der Waals surface area (Å²) in [6.45, 7) is 2.24. The van der Waals surface area contributed by atoms with Gasteiger partial charge in [0.25, 0.3) is 0 Å². The lowest BCUT2D eigenvalue weighted by Gasteiger charge is -2.29. The Hall–Kier alpha value is -2.23. The summed E-state index contributed by atoms with van der Waals surface area (Å²) in [4.78, 5) is 0. The largest absolute Gasteiger partial charge is 0.455 e. The van der Waals surface area contributed by atoms with Crippen LogP contribution in [0.1, 0.15) is 69.8 Å². The zero-order valence-corrected chi connectivity index (χ0v) is 16.2. The van der Waals surface area contributed by atoms with E-state index in [1.807, 2.05) is 12.1 Å². The van der Waals surface area contributed by atoms with Crippen molar-refractivity contribution in [2.75, 3.05) is 11.5 Å². The summed E-state index contributed by atoms with van der Waals surface area (Å²) >= 11 is 0. The van der Waals surface area contributed by atoms with E-state index < -0.39 is 0 Å². The number of nitrogens with two attached hydrogens (primary N) is 2. The molecule has 2 aromatic rings. The van der Waals surface area contributed by atoms with Crippen molar-refractivity contribution >= 4 is 11.4 Å². The quantitative estimate of drug-likeness (QED) is 0.424. The van der Waals surface area contributed by atoms with Gasteiger partial charge in [-0.1, -0.05) is 38.7 Å². The molecule has 3 rings (SSSR count). The Morgan fingerprint density at radius 2 is 1.78 bits per heavy atom. The van der Waals surface area contributed by atoms with Crippen molar-refractivity contribution < 1.29 is 9.13 Å². The summed E-state index contributed by atoms with van der Waals surface area (Å²) in [5.41, 5.74) is 13.4. The van der Waals surface area contributed by atoms with Crippen LogP contribution in [0.2, 0.25) is 0 Å². The van der Waals surface area contributed by atoms with Crippen molar-refractivity contribution in [3.05, 3.63) is 47.8 Å². The van der Waals surface area contributed by atoms with Crippen LogP contribution in [-0.4, -0.2) is 0 Å². The average molecular weight is 371 g/mol. The molecule has 0 unspecified atom stereocenters. The summed E-state index contributed by atoms with van der Waals surface area (Å²) in [6, 6.07) is 10.2. The Labute approximate surface area is 161 Å². The van der Waals surface area contributed by atoms with Crippen LogP contribution in [-0.2, 0) is 0 Å². The number of hydrogen-bond acceptors (Lipinski definition) is 3. The predicted molar refractivity (Wildman–Crippen MR) is 111 cm³/mol. The van der Waals surface area contributed by atoms with Gasteiger partial charge >= 0.3 is 0 Å². The maximum Gasteiger partial charge on any atom is 0.150 e. The maximum absolute atomic E-state index is 14.7. The summed E-state index contributed by atoms with van der Waals surface area (Å²) in [5, 5.41) is 0. The molecule has 0 atom stereocenters. The first-order valence-electron chi connectivity index (χ1n) is 10.2. The first kappa shape index (κ1) is 19.5. The first-order chi connectivity index (χ1) is 13.1. The second-order valence-corrected chi connectivity index (χ2v) is 7.80. The van der Waals surface area contributed by atoms with E-state index in [0.29, 0.717) is 28.8 Å². The number of rotatable bonds is 7. The third-order valence-corrected chi connectivity index (χ3v) is 5.74. The lowest BCUT2D eigenvalue weighted by atomic mass is 9.77. The monoisotopic (exact) mass is 370 g/mol. The SMILES string of the molecule is CCCCCC1CCC(c2ccc(Oc3ccc(N)cc3N)cc2F)CC1. The summed E-state index contributed by atoms with van der Waals surface area (Å²) in [7, 11) is 0. The fourth-order valence-corrected chi connectivity index (χ4v) is 4.13. The van der Waals surface area contributed by atoms with E-state index in [1.54, 1.807) is 18.2 Å². The van der Waals surface area contributed by atoms with Crippen LogP contribution in [0.25, 0.3) is 0 Å². The number of benzene rings is 2. The lowest BCUT2D eigenvalue weighted by molar-refractivity contribution is 0.299. The molecule has 0 heterocycles. The smallest absolute Gasteiger partial charge is 0.150 e. The highest BCUT2D eigenvalue weighted by Crippen LogP contribution is 2.39. The van der Waals surface area contributed by atoms with Crippen LogP contribution in [0.3, 0.4) is 0 Å². The second kappa shape index (κ2) is 9.12. The molecule has 1 aliphatic carbocycles. The number of halogens is 1. The molecule has 1 saturated carbocycles. The van der Waals surface area contributed by atoms with Gasteiger partial charge in [-0.2, -0.15) is 0 Å². The Balaban J connectivity index is 1.60. The molecule has 3 nitrogen and oxygen atoms in total. The fourth-order valence-electron chi connectivity index (χ4n) is 4.13. The number of anilines is 2. The molecule has 0 bridgehead atoms. The Morgan fingerprint density at radius 1 is 1.00 bits per heavy atom. The summed E-state index contributed by atoms with van der Waals surface area (Å²) in [5.74, 6) is 1.91. The molecule has 146 valence electrons. The molecule has 1 aliphatic rings. The van der Waals surface area contributed by atoms with Crippen molar-refractivity contribution in [2.24, 2.45) is 5.92 Å². The van der Waals surface area contributed by atoms with Crippen molar-refractivity contribution in [2.45, 2.75) is 64.2 Å². The van der Waals surface area contributed by atoms with E-state index in [-0.39, 0.29) is 5.82 Å².